The normalized spacial score (nSPS) is 14.3. The molecular weight excluding hydrogens is 1350 g/mol. The number of allylic oxidation sites excluding steroid dienone is 14. The van der Waals surface area contributed by atoms with Gasteiger partial charge in [0.2, 0.25) is 0 Å². The van der Waals surface area contributed by atoms with Gasteiger partial charge in [-0.05, 0) is 103 Å². The molecule has 0 aromatic rings. The Hall–Kier alpha value is -3.76. The molecule has 19 heteroatoms. The molecule has 0 bridgehead atoms. The van der Waals surface area contributed by atoms with Gasteiger partial charge in [-0.1, -0.05) is 331 Å². The van der Waals surface area contributed by atoms with E-state index < -0.39 is 97.5 Å². The Morgan fingerprint density at radius 3 is 0.788 bits per heavy atom. The topological polar surface area (TPSA) is 237 Å². The molecule has 0 aliphatic carbocycles. The molecule has 0 aliphatic rings. The number of aliphatic hydroxyl groups excluding tert-OH is 1. The number of rotatable bonds is 79. The monoisotopic (exact) mass is 1510 g/mol. The first-order chi connectivity index (χ1) is 50.7. The molecule has 0 aromatic carbocycles. The fourth-order valence-electron chi connectivity index (χ4n) is 11.5. The molecule has 17 nitrogen and oxygen atoms in total. The average molecular weight is 1510 g/mol. The van der Waals surface area contributed by atoms with E-state index in [0.29, 0.717) is 25.7 Å². The van der Waals surface area contributed by atoms with Crippen molar-refractivity contribution in [2.45, 2.75) is 393 Å². The quantitative estimate of drug-likeness (QED) is 0.0169. The van der Waals surface area contributed by atoms with Crippen molar-refractivity contribution in [3.63, 3.8) is 0 Å². The second-order valence-corrected chi connectivity index (χ2v) is 31.0. The number of carbonyl (C=O) groups excluding carboxylic acids is 4. The van der Waals surface area contributed by atoms with Crippen LogP contribution in [0.25, 0.3) is 0 Å². The van der Waals surface area contributed by atoms with Crippen molar-refractivity contribution in [1.29, 1.82) is 0 Å². The minimum Gasteiger partial charge on any atom is -0.462 e. The predicted octanol–water partition coefficient (Wildman–Crippen LogP) is 24.6. The van der Waals surface area contributed by atoms with Crippen molar-refractivity contribution in [2.75, 3.05) is 39.6 Å². The molecule has 104 heavy (non-hydrogen) atoms. The molecule has 0 amide bonds. The van der Waals surface area contributed by atoms with Crippen LogP contribution in [0, 0.1) is 0 Å². The Kier molecular flexibility index (Phi) is 74.6. The van der Waals surface area contributed by atoms with Gasteiger partial charge >= 0.3 is 39.5 Å². The van der Waals surface area contributed by atoms with Crippen molar-refractivity contribution < 1.29 is 80.2 Å². The zero-order valence-electron chi connectivity index (χ0n) is 66.2. The first-order valence-corrected chi connectivity index (χ1v) is 44.8. The van der Waals surface area contributed by atoms with E-state index in [-0.39, 0.29) is 25.7 Å². The Labute approximate surface area is 634 Å². The summed E-state index contributed by atoms with van der Waals surface area (Å²) in [6.07, 6.45) is 81.2. The van der Waals surface area contributed by atoms with Crippen LogP contribution in [0.2, 0.25) is 0 Å². The van der Waals surface area contributed by atoms with Gasteiger partial charge in [-0.2, -0.15) is 0 Å². The second-order valence-electron chi connectivity index (χ2n) is 28.1. The van der Waals surface area contributed by atoms with Crippen LogP contribution in [-0.2, 0) is 65.4 Å². The third kappa shape index (κ3) is 76.4. The zero-order chi connectivity index (χ0) is 76.0. The fraction of sp³-hybridized carbons (Fsp3) is 0.788. The number of aliphatic hydroxyl groups is 1. The summed E-state index contributed by atoms with van der Waals surface area (Å²) in [5, 5.41) is 10.7. The van der Waals surface area contributed by atoms with E-state index in [4.69, 9.17) is 37.0 Å². The van der Waals surface area contributed by atoms with Gasteiger partial charge in [0.05, 0.1) is 26.4 Å². The third-order valence-corrected chi connectivity index (χ3v) is 19.8. The van der Waals surface area contributed by atoms with E-state index in [0.717, 1.165) is 167 Å². The number of ether oxygens (including phenoxy) is 4. The van der Waals surface area contributed by atoms with Crippen LogP contribution in [0.3, 0.4) is 0 Å². The molecule has 3 N–H and O–H groups in total. The molecule has 0 saturated carbocycles. The van der Waals surface area contributed by atoms with E-state index in [2.05, 4.69) is 113 Å². The molecule has 0 aromatic heterocycles. The maximum atomic E-state index is 13.1. The molecule has 0 radical (unpaired) electrons. The highest BCUT2D eigenvalue weighted by Crippen LogP contribution is 2.45. The van der Waals surface area contributed by atoms with Crippen LogP contribution >= 0.6 is 15.6 Å². The first kappa shape index (κ1) is 100. The number of hydrogen-bond acceptors (Lipinski definition) is 15. The molecule has 0 spiro atoms. The molecule has 604 valence electrons. The molecule has 0 saturated heterocycles. The molecular formula is C85H152O17P2. The van der Waals surface area contributed by atoms with E-state index >= 15 is 0 Å². The van der Waals surface area contributed by atoms with Crippen LogP contribution in [0.15, 0.2) is 85.1 Å². The lowest BCUT2D eigenvalue weighted by Crippen LogP contribution is -2.30. The van der Waals surface area contributed by atoms with E-state index in [1.54, 1.807) is 0 Å². The number of unbranched alkanes of at least 4 members (excludes halogenated alkanes) is 39. The molecule has 0 heterocycles. The fourth-order valence-corrected chi connectivity index (χ4v) is 13.1. The Morgan fingerprint density at radius 2 is 0.500 bits per heavy atom. The lowest BCUT2D eigenvalue weighted by Gasteiger charge is -2.21. The number of carbonyl (C=O) groups is 4. The molecule has 0 aliphatic heterocycles. The first-order valence-electron chi connectivity index (χ1n) is 41.8. The predicted molar refractivity (Wildman–Crippen MR) is 427 cm³/mol. The maximum absolute atomic E-state index is 13.1. The lowest BCUT2D eigenvalue weighted by atomic mass is 10.0. The Morgan fingerprint density at radius 1 is 0.279 bits per heavy atom. The Balaban J connectivity index is 5.33. The summed E-state index contributed by atoms with van der Waals surface area (Å²) in [6.45, 7) is 4.77. The maximum Gasteiger partial charge on any atom is 0.472 e. The second kappa shape index (κ2) is 77.4. The van der Waals surface area contributed by atoms with Crippen molar-refractivity contribution in [2.24, 2.45) is 0 Å². The minimum atomic E-state index is -4.98. The van der Waals surface area contributed by atoms with Gasteiger partial charge < -0.3 is 33.8 Å². The summed E-state index contributed by atoms with van der Waals surface area (Å²) in [7, 11) is -9.95. The third-order valence-electron chi connectivity index (χ3n) is 17.9. The van der Waals surface area contributed by atoms with Crippen LogP contribution in [0.5, 0.6) is 0 Å². The molecule has 5 atom stereocenters. The SMILES string of the molecule is CC/C=C\C/C=C\C/C=C\C/C=C\CCCCCCCCC(=O)OCC(COP(=O)(O)OCC(O)COP(=O)(O)OCC(COC(=O)CCCCCCCCCCCCCCCCC)OC(=O)CCCCCCCCCCCCC)OC(=O)CCCCCCCC/C=C\C/C=C\C/C=C\CCCCC. The summed E-state index contributed by atoms with van der Waals surface area (Å²) < 4.78 is 68.7. The van der Waals surface area contributed by atoms with Crippen molar-refractivity contribution in [3.8, 4) is 0 Å². The summed E-state index contributed by atoms with van der Waals surface area (Å²) in [5.41, 5.74) is 0. The minimum absolute atomic E-state index is 0.0784. The van der Waals surface area contributed by atoms with Crippen molar-refractivity contribution >= 4 is 39.5 Å². The number of esters is 4. The molecule has 0 fully saturated rings. The van der Waals surface area contributed by atoms with Gasteiger partial charge in [-0.15, -0.1) is 0 Å². The van der Waals surface area contributed by atoms with Crippen molar-refractivity contribution in [3.05, 3.63) is 85.1 Å². The summed E-state index contributed by atoms with van der Waals surface area (Å²) in [5.74, 6) is -2.17. The van der Waals surface area contributed by atoms with Gasteiger partial charge in [-0.3, -0.25) is 37.3 Å². The van der Waals surface area contributed by atoms with Gasteiger partial charge in [0, 0.05) is 25.7 Å². The molecule has 0 rings (SSSR count). The van der Waals surface area contributed by atoms with Gasteiger partial charge in [0.25, 0.3) is 0 Å². The lowest BCUT2D eigenvalue weighted by molar-refractivity contribution is -0.161. The van der Waals surface area contributed by atoms with Crippen LogP contribution in [-0.4, -0.2) is 96.7 Å². The summed E-state index contributed by atoms with van der Waals surface area (Å²) >= 11 is 0. The van der Waals surface area contributed by atoms with E-state index in [9.17, 15) is 43.2 Å². The highest BCUT2D eigenvalue weighted by molar-refractivity contribution is 7.47. The van der Waals surface area contributed by atoms with E-state index in [1.807, 2.05) is 0 Å². The summed E-state index contributed by atoms with van der Waals surface area (Å²) in [4.78, 5) is 73.1. The standard InChI is InChI=1S/C85H152O17P2/c1-5-9-13-17-21-25-29-32-35-37-39-41-44-47-51-54-58-62-66-70-83(88)96-76-81(102-85(90)72-68-64-60-56-52-48-45-42-40-38-36-33-30-26-22-18-14-10-6-2)78-100-104(93,94)98-74-79(86)73-97-103(91,92)99-77-80(101-84(89)71-67-63-59-55-49-28-24-20-16-12-8-4)75-95-82(87)69-65-61-57-53-50-46-43-34-31-27-23-19-15-11-7-3/h9,13,21-22,25-26,32-33,35-36,39-42,79-81,86H,5-8,10-12,14-20,23-24,27-31,34,37-38,43-78H2,1-4H3,(H,91,92)(H,93,94)/b13-9-,25-21-,26-22-,35-32-,36-33-,41-39-,42-40-. The summed E-state index contributed by atoms with van der Waals surface area (Å²) in [6, 6.07) is 0. The van der Waals surface area contributed by atoms with Crippen molar-refractivity contribution in [1.82, 2.24) is 0 Å². The number of hydrogen-bond donors (Lipinski definition) is 3. The number of phosphoric ester groups is 2. The smallest absolute Gasteiger partial charge is 0.462 e. The highest BCUT2D eigenvalue weighted by atomic mass is 31.2. The molecule has 5 unspecified atom stereocenters. The van der Waals surface area contributed by atoms with Crippen LogP contribution in [0.1, 0.15) is 374 Å². The number of phosphoric acid groups is 2. The van der Waals surface area contributed by atoms with Crippen LogP contribution in [0.4, 0.5) is 0 Å². The average Bonchev–Trinajstić information content (AvgIpc) is 0.928. The van der Waals surface area contributed by atoms with Gasteiger partial charge in [0.1, 0.15) is 19.3 Å². The highest BCUT2D eigenvalue weighted by Gasteiger charge is 2.30. The Bertz CT molecular complexity index is 2300. The van der Waals surface area contributed by atoms with E-state index in [1.165, 1.54) is 128 Å². The largest absolute Gasteiger partial charge is 0.472 e. The van der Waals surface area contributed by atoms with Crippen LogP contribution < -0.4 is 0 Å². The van der Waals surface area contributed by atoms with Gasteiger partial charge in [-0.25, -0.2) is 9.13 Å². The zero-order valence-corrected chi connectivity index (χ0v) is 68.0. The van der Waals surface area contributed by atoms with Gasteiger partial charge in [0.15, 0.2) is 12.2 Å².